The minimum atomic E-state index is 0.0188. The van der Waals surface area contributed by atoms with Crippen molar-refractivity contribution in [3.63, 3.8) is 0 Å². The van der Waals surface area contributed by atoms with Crippen LogP contribution in [0.15, 0.2) is 0 Å². The summed E-state index contributed by atoms with van der Waals surface area (Å²) in [4.78, 5) is 15.0. The molecule has 1 aliphatic rings. The van der Waals surface area contributed by atoms with Gasteiger partial charge in [-0.15, -0.1) is 0 Å². The highest BCUT2D eigenvalue weighted by atomic mass is 16.3. The number of aliphatic hydroxyl groups is 1. The van der Waals surface area contributed by atoms with Gasteiger partial charge in [0.05, 0.1) is 12.6 Å². The molecule has 4 nitrogen and oxygen atoms in total. The van der Waals surface area contributed by atoms with E-state index in [0.717, 1.165) is 32.5 Å². The highest BCUT2D eigenvalue weighted by Gasteiger charge is 2.24. The Morgan fingerprint density at radius 1 is 1.54 bits per heavy atom. The summed E-state index contributed by atoms with van der Waals surface area (Å²) in [6, 6.07) is 0.0188. The third kappa shape index (κ3) is 2.76. The quantitative estimate of drug-likeness (QED) is 0.583. The Labute approximate surface area is 79.1 Å². The van der Waals surface area contributed by atoms with Crippen LogP contribution >= 0.6 is 0 Å². The van der Waals surface area contributed by atoms with E-state index in [9.17, 15) is 4.79 Å². The van der Waals surface area contributed by atoms with E-state index in [1.807, 2.05) is 0 Å². The summed E-state index contributed by atoms with van der Waals surface area (Å²) in [5.74, 6) is 0. The topological polar surface area (TPSA) is 43.8 Å². The lowest BCUT2D eigenvalue weighted by molar-refractivity contribution is -0.114. The molecule has 13 heavy (non-hydrogen) atoms. The van der Waals surface area contributed by atoms with Gasteiger partial charge in [-0.3, -0.25) is 9.80 Å². The second-order valence-corrected chi connectivity index (χ2v) is 3.36. The van der Waals surface area contributed by atoms with Crippen LogP contribution in [-0.4, -0.2) is 66.6 Å². The van der Waals surface area contributed by atoms with E-state index in [4.69, 9.17) is 5.11 Å². The molecule has 1 heterocycles. The molecule has 1 atom stereocenters. The van der Waals surface area contributed by atoms with Crippen LogP contribution < -0.4 is 0 Å². The standard InChI is InChI=1S/C9H18N2O2/c1-2-11-4-3-10(5-6-12)7-9(11)8-13/h8-9,12H,2-7H2,1H3. The van der Waals surface area contributed by atoms with Gasteiger partial charge in [-0.2, -0.15) is 0 Å². The summed E-state index contributed by atoms with van der Waals surface area (Å²) >= 11 is 0. The van der Waals surface area contributed by atoms with Crippen molar-refractivity contribution in [2.45, 2.75) is 13.0 Å². The van der Waals surface area contributed by atoms with Crippen molar-refractivity contribution >= 4 is 6.29 Å². The largest absolute Gasteiger partial charge is 0.395 e. The van der Waals surface area contributed by atoms with Crippen molar-refractivity contribution in [1.82, 2.24) is 9.80 Å². The minimum absolute atomic E-state index is 0.0188. The molecular formula is C9H18N2O2. The maximum Gasteiger partial charge on any atom is 0.138 e. The molecule has 0 saturated carbocycles. The number of aldehydes is 1. The number of aliphatic hydroxyl groups excluding tert-OH is 1. The predicted octanol–water partition coefficient (Wildman–Crippen LogP) is -0.816. The van der Waals surface area contributed by atoms with E-state index in [-0.39, 0.29) is 12.6 Å². The summed E-state index contributed by atoms with van der Waals surface area (Å²) in [7, 11) is 0. The van der Waals surface area contributed by atoms with Gasteiger partial charge in [0.15, 0.2) is 0 Å². The van der Waals surface area contributed by atoms with Gasteiger partial charge in [0, 0.05) is 26.2 Å². The first-order valence-corrected chi connectivity index (χ1v) is 4.84. The van der Waals surface area contributed by atoms with Crippen molar-refractivity contribution in [2.75, 3.05) is 39.3 Å². The fourth-order valence-electron chi connectivity index (χ4n) is 1.77. The van der Waals surface area contributed by atoms with E-state index < -0.39 is 0 Å². The molecule has 0 radical (unpaired) electrons. The van der Waals surface area contributed by atoms with Crippen LogP contribution in [0.3, 0.4) is 0 Å². The monoisotopic (exact) mass is 186 g/mol. The summed E-state index contributed by atoms with van der Waals surface area (Å²) in [6.07, 6.45) is 1.01. The zero-order chi connectivity index (χ0) is 9.68. The van der Waals surface area contributed by atoms with E-state index in [0.29, 0.717) is 6.54 Å². The summed E-state index contributed by atoms with van der Waals surface area (Å²) in [6.45, 7) is 6.50. The number of carbonyl (C=O) groups is 1. The minimum Gasteiger partial charge on any atom is -0.395 e. The van der Waals surface area contributed by atoms with Crippen LogP contribution in [0.4, 0.5) is 0 Å². The van der Waals surface area contributed by atoms with E-state index in [1.54, 1.807) is 0 Å². The van der Waals surface area contributed by atoms with Crippen LogP contribution in [0, 0.1) is 0 Å². The first kappa shape index (κ1) is 10.6. The Morgan fingerprint density at radius 3 is 2.85 bits per heavy atom. The molecule has 1 saturated heterocycles. The normalized spacial score (nSPS) is 26.2. The lowest BCUT2D eigenvalue weighted by Gasteiger charge is -2.38. The number of piperazine rings is 1. The Morgan fingerprint density at radius 2 is 2.31 bits per heavy atom. The van der Waals surface area contributed by atoms with E-state index in [1.165, 1.54) is 0 Å². The smallest absolute Gasteiger partial charge is 0.138 e. The summed E-state index contributed by atoms with van der Waals surface area (Å²) in [5, 5.41) is 8.76. The van der Waals surface area contributed by atoms with Gasteiger partial charge in [-0.25, -0.2) is 0 Å². The number of β-amino-alcohol motifs (C(OH)–C–C–N with tert-alkyl or cyclic N) is 1. The Kier molecular flexibility index (Phi) is 4.35. The molecule has 0 aromatic rings. The summed E-state index contributed by atoms with van der Waals surface area (Å²) < 4.78 is 0. The van der Waals surface area contributed by atoms with E-state index >= 15 is 0 Å². The number of rotatable bonds is 4. The van der Waals surface area contributed by atoms with Crippen molar-refractivity contribution in [1.29, 1.82) is 0 Å². The first-order chi connectivity index (χ1) is 6.31. The third-order valence-electron chi connectivity index (χ3n) is 2.60. The Balaban J connectivity index is 2.42. The van der Waals surface area contributed by atoms with Crippen LogP contribution in [0.1, 0.15) is 6.92 Å². The number of hydrogen-bond donors (Lipinski definition) is 1. The van der Waals surface area contributed by atoms with Gasteiger partial charge in [-0.1, -0.05) is 6.92 Å². The lowest BCUT2D eigenvalue weighted by Crippen LogP contribution is -2.54. The van der Waals surface area contributed by atoms with E-state index in [2.05, 4.69) is 16.7 Å². The molecule has 76 valence electrons. The third-order valence-corrected chi connectivity index (χ3v) is 2.60. The molecular weight excluding hydrogens is 168 g/mol. The van der Waals surface area contributed by atoms with Gasteiger partial charge < -0.3 is 9.90 Å². The van der Waals surface area contributed by atoms with Gasteiger partial charge in [-0.05, 0) is 6.54 Å². The second-order valence-electron chi connectivity index (χ2n) is 3.36. The Bertz CT molecular complexity index is 164. The molecule has 0 amide bonds. The fraction of sp³-hybridized carbons (Fsp3) is 0.889. The molecule has 1 unspecified atom stereocenters. The Hall–Kier alpha value is -0.450. The zero-order valence-corrected chi connectivity index (χ0v) is 8.15. The average Bonchev–Trinajstić information content (AvgIpc) is 2.18. The average molecular weight is 186 g/mol. The number of likely N-dealkylation sites (N-methyl/N-ethyl adjacent to an activating group) is 1. The van der Waals surface area contributed by atoms with Gasteiger partial charge in [0.2, 0.25) is 0 Å². The van der Waals surface area contributed by atoms with Crippen molar-refractivity contribution < 1.29 is 9.90 Å². The van der Waals surface area contributed by atoms with Crippen molar-refractivity contribution in [2.24, 2.45) is 0 Å². The van der Waals surface area contributed by atoms with Crippen molar-refractivity contribution in [3.8, 4) is 0 Å². The molecule has 1 N–H and O–H groups in total. The van der Waals surface area contributed by atoms with Gasteiger partial charge in [0.25, 0.3) is 0 Å². The number of hydrogen-bond acceptors (Lipinski definition) is 4. The maximum atomic E-state index is 10.7. The summed E-state index contributed by atoms with van der Waals surface area (Å²) in [5.41, 5.74) is 0. The van der Waals surface area contributed by atoms with Crippen molar-refractivity contribution in [3.05, 3.63) is 0 Å². The molecule has 0 aromatic carbocycles. The molecule has 1 aliphatic heterocycles. The fourth-order valence-corrected chi connectivity index (χ4v) is 1.77. The highest BCUT2D eigenvalue weighted by Crippen LogP contribution is 2.06. The van der Waals surface area contributed by atoms with Gasteiger partial charge >= 0.3 is 0 Å². The molecule has 0 spiro atoms. The van der Waals surface area contributed by atoms with Crippen LogP contribution in [0.25, 0.3) is 0 Å². The van der Waals surface area contributed by atoms with Gasteiger partial charge in [0.1, 0.15) is 6.29 Å². The predicted molar refractivity (Wildman–Crippen MR) is 50.6 cm³/mol. The molecule has 4 heteroatoms. The molecule has 0 aromatic heterocycles. The lowest BCUT2D eigenvalue weighted by atomic mass is 10.2. The second kappa shape index (κ2) is 5.32. The first-order valence-electron chi connectivity index (χ1n) is 4.84. The molecule has 0 bridgehead atoms. The maximum absolute atomic E-state index is 10.7. The number of nitrogens with zero attached hydrogens (tertiary/aromatic N) is 2. The van der Waals surface area contributed by atoms with Crippen LogP contribution in [0.2, 0.25) is 0 Å². The highest BCUT2D eigenvalue weighted by molar-refractivity contribution is 5.58. The molecule has 0 aliphatic carbocycles. The van der Waals surface area contributed by atoms with Crippen LogP contribution in [-0.2, 0) is 4.79 Å². The SMILES string of the molecule is CCN1CCN(CCO)CC1C=O. The zero-order valence-electron chi connectivity index (χ0n) is 8.15. The van der Waals surface area contributed by atoms with Crippen LogP contribution in [0.5, 0.6) is 0 Å². The molecule has 1 rings (SSSR count). The number of carbonyl (C=O) groups excluding carboxylic acids is 1. The molecule has 1 fully saturated rings.